The smallest absolute Gasteiger partial charge is 0.342 e. The van der Waals surface area contributed by atoms with Gasteiger partial charge in [-0.15, -0.1) is 0 Å². The van der Waals surface area contributed by atoms with Gasteiger partial charge in [-0.2, -0.15) is 5.10 Å². The second-order valence-electron chi connectivity index (χ2n) is 2.78. The number of hydrogen-bond donors (Lipinski definition) is 0. The number of esters is 2. The zero-order valence-electron chi connectivity index (χ0n) is 9.12. The molecule has 0 amide bonds. The summed E-state index contributed by atoms with van der Waals surface area (Å²) in [6.45, 7) is 3.68. The van der Waals surface area contributed by atoms with E-state index in [1.54, 1.807) is 13.8 Å². The summed E-state index contributed by atoms with van der Waals surface area (Å²) in [6, 6.07) is -1.22. The van der Waals surface area contributed by atoms with Gasteiger partial charge in [-0.1, -0.05) is 0 Å². The third kappa shape index (κ3) is 2.78. The van der Waals surface area contributed by atoms with Gasteiger partial charge in [0.05, 0.1) is 13.2 Å². The maximum absolute atomic E-state index is 11.5. The quantitative estimate of drug-likeness (QED) is 0.518. The summed E-state index contributed by atoms with van der Waals surface area (Å²) in [6.07, 6.45) is 2.49. The van der Waals surface area contributed by atoms with E-state index in [1.807, 2.05) is 0 Å². The zero-order chi connectivity index (χ0) is 12.0. The lowest BCUT2D eigenvalue weighted by Crippen LogP contribution is -2.31. The molecule has 0 aromatic carbocycles. The summed E-state index contributed by atoms with van der Waals surface area (Å²) < 4.78 is 10.6. The van der Waals surface area contributed by atoms with Gasteiger partial charge >= 0.3 is 11.9 Å². The first kappa shape index (κ1) is 12.2. The summed E-state index contributed by atoms with van der Waals surface area (Å²) >= 11 is 0. The Morgan fingerprint density at radius 1 is 1.25 bits per heavy atom. The molecule has 0 N–H and O–H groups in total. The van der Waals surface area contributed by atoms with Crippen LogP contribution in [-0.2, 0) is 19.1 Å². The van der Waals surface area contributed by atoms with Gasteiger partial charge in [-0.05, 0) is 13.8 Å². The molecule has 7 heteroatoms. The Balaban J connectivity index is 2.85. The predicted octanol–water partition coefficient (Wildman–Crippen LogP) is -0.0546. The first-order chi connectivity index (χ1) is 7.70. The van der Waals surface area contributed by atoms with Crippen LogP contribution in [0.4, 0.5) is 0 Å². The van der Waals surface area contributed by atoms with Crippen LogP contribution < -0.4 is 0 Å². The second kappa shape index (κ2) is 5.84. The molecular weight excluding hydrogens is 214 g/mol. The van der Waals surface area contributed by atoms with Crippen LogP contribution in [-0.4, -0.2) is 39.9 Å². The molecule has 0 aliphatic heterocycles. The minimum Gasteiger partial charge on any atom is -0.464 e. The van der Waals surface area contributed by atoms with Gasteiger partial charge in [0.15, 0.2) is 0 Å². The molecule has 0 unspecified atom stereocenters. The number of ether oxygens (including phenoxy) is 2. The maximum atomic E-state index is 11.5. The molecule has 0 atom stereocenters. The Morgan fingerprint density at radius 3 is 2.19 bits per heavy atom. The SMILES string of the molecule is CCOC(=O)C(C(=O)OCC)n1cncn1. The molecule has 1 rings (SSSR count). The summed E-state index contributed by atoms with van der Waals surface area (Å²) in [4.78, 5) is 26.8. The van der Waals surface area contributed by atoms with Crippen LogP contribution in [0.3, 0.4) is 0 Å². The Hall–Kier alpha value is -1.92. The number of carbonyl (C=O) groups excluding carboxylic acids is 2. The van der Waals surface area contributed by atoms with Crippen molar-refractivity contribution in [3.05, 3.63) is 12.7 Å². The highest BCUT2D eigenvalue weighted by Crippen LogP contribution is 2.09. The molecular formula is C9H13N3O4. The van der Waals surface area contributed by atoms with Gasteiger partial charge in [-0.3, -0.25) is 0 Å². The minimum absolute atomic E-state index is 0.184. The average molecular weight is 227 g/mol. The molecule has 0 aliphatic rings. The zero-order valence-corrected chi connectivity index (χ0v) is 9.12. The number of hydrogen-bond acceptors (Lipinski definition) is 6. The molecule has 16 heavy (non-hydrogen) atoms. The highest BCUT2D eigenvalue weighted by Gasteiger charge is 2.32. The number of aromatic nitrogens is 3. The summed E-state index contributed by atoms with van der Waals surface area (Å²) in [5.41, 5.74) is 0. The molecule has 1 heterocycles. The van der Waals surface area contributed by atoms with E-state index in [0.29, 0.717) is 0 Å². The van der Waals surface area contributed by atoms with E-state index in [4.69, 9.17) is 9.47 Å². The minimum atomic E-state index is -1.22. The van der Waals surface area contributed by atoms with Crippen LogP contribution in [0.5, 0.6) is 0 Å². The van der Waals surface area contributed by atoms with Crippen molar-refractivity contribution in [2.45, 2.75) is 19.9 Å². The molecule has 7 nitrogen and oxygen atoms in total. The number of nitrogens with zero attached hydrogens (tertiary/aromatic N) is 3. The van der Waals surface area contributed by atoms with E-state index in [9.17, 15) is 9.59 Å². The number of carbonyl (C=O) groups is 2. The van der Waals surface area contributed by atoms with Crippen molar-refractivity contribution in [3.8, 4) is 0 Å². The van der Waals surface area contributed by atoms with Crippen molar-refractivity contribution < 1.29 is 19.1 Å². The fourth-order valence-electron chi connectivity index (χ4n) is 1.11. The number of rotatable bonds is 5. The van der Waals surface area contributed by atoms with Crippen molar-refractivity contribution in [1.82, 2.24) is 14.8 Å². The van der Waals surface area contributed by atoms with E-state index in [-0.39, 0.29) is 13.2 Å². The van der Waals surface area contributed by atoms with Gasteiger partial charge in [0, 0.05) is 0 Å². The third-order valence-corrected chi connectivity index (χ3v) is 1.72. The molecule has 0 fully saturated rings. The lowest BCUT2D eigenvalue weighted by atomic mass is 10.3. The van der Waals surface area contributed by atoms with Crippen LogP contribution in [0.1, 0.15) is 19.9 Å². The third-order valence-electron chi connectivity index (χ3n) is 1.72. The van der Waals surface area contributed by atoms with Crippen molar-refractivity contribution in [1.29, 1.82) is 0 Å². The van der Waals surface area contributed by atoms with Crippen molar-refractivity contribution in [3.63, 3.8) is 0 Å². The van der Waals surface area contributed by atoms with Gasteiger partial charge in [0.1, 0.15) is 12.7 Å². The van der Waals surface area contributed by atoms with E-state index in [0.717, 1.165) is 4.68 Å². The molecule has 0 aliphatic carbocycles. The van der Waals surface area contributed by atoms with Gasteiger partial charge in [0.25, 0.3) is 0 Å². The first-order valence-electron chi connectivity index (χ1n) is 4.88. The molecule has 0 saturated carbocycles. The Morgan fingerprint density at radius 2 is 1.81 bits per heavy atom. The van der Waals surface area contributed by atoms with Crippen LogP contribution in [0.25, 0.3) is 0 Å². The summed E-state index contributed by atoms with van der Waals surface area (Å²) in [5, 5.41) is 3.73. The lowest BCUT2D eigenvalue weighted by molar-refractivity contribution is -0.160. The van der Waals surface area contributed by atoms with Gasteiger partial charge in [0.2, 0.25) is 6.04 Å². The van der Waals surface area contributed by atoms with Crippen LogP contribution in [0.2, 0.25) is 0 Å². The average Bonchev–Trinajstić information content (AvgIpc) is 2.72. The van der Waals surface area contributed by atoms with Crippen LogP contribution in [0, 0.1) is 0 Å². The van der Waals surface area contributed by atoms with Crippen LogP contribution in [0.15, 0.2) is 12.7 Å². The lowest BCUT2D eigenvalue weighted by Gasteiger charge is -2.13. The molecule has 88 valence electrons. The fraction of sp³-hybridized carbons (Fsp3) is 0.556. The molecule has 0 bridgehead atoms. The predicted molar refractivity (Wildman–Crippen MR) is 52.3 cm³/mol. The normalized spacial score (nSPS) is 10.2. The van der Waals surface area contributed by atoms with Crippen LogP contribution >= 0.6 is 0 Å². The van der Waals surface area contributed by atoms with Crippen molar-refractivity contribution in [2.24, 2.45) is 0 Å². The monoisotopic (exact) mass is 227 g/mol. The topological polar surface area (TPSA) is 83.3 Å². The summed E-state index contributed by atoms with van der Waals surface area (Å²) in [7, 11) is 0. The largest absolute Gasteiger partial charge is 0.464 e. The fourth-order valence-corrected chi connectivity index (χ4v) is 1.11. The van der Waals surface area contributed by atoms with E-state index >= 15 is 0 Å². The summed E-state index contributed by atoms with van der Waals surface area (Å²) in [5.74, 6) is -1.40. The van der Waals surface area contributed by atoms with E-state index in [1.165, 1.54) is 12.7 Å². The molecule has 0 radical (unpaired) electrons. The van der Waals surface area contributed by atoms with Crippen molar-refractivity contribution >= 4 is 11.9 Å². The van der Waals surface area contributed by atoms with Gasteiger partial charge in [-0.25, -0.2) is 19.3 Å². The first-order valence-corrected chi connectivity index (χ1v) is 4.88. The Kier molecular flexibility index (Phi) is 4.43. The second-order valence-corrected chi connectivity index (χ2v) is 2.78. The Bertz CT molecular complexity index is 332. The molecule has 1 aromatic rings. The standard InChI is InChI=1S/C9H13N3O4/c1-3-15-8(13)7(9(14)16-4-2)12-6-10-5-11-12/h5-7H,3-4H2,1-2H3. The molecule has 0 saturated heterocycles. The highest BCUT2D eigenvalue weighted by molar-refractivity contribution is 5.96. The van der Waals surface area contributed by atoms with E-state index < -0.39 is 18.0 Å². The molecule has 1 aromatic heterocycles. The van der Waals surface area contributed by atoms with Gasteiger partial charge < -0.3 is 9.47 Å². The Labute approximate surface area is 92.4 Å². The highest BCUT2D eigenvalue weighted by atomic mass is 16.6. The van der Waals surface area contributed by atoms with E-state index in [2.05, 4.69) is 10.1 Å². The molecule has 0 spiro atoms. The van der Waals surface area contributed by atoms with Crippen molar-refractivity contribution in [2.75, 3.05) is 13.2 Å². The maximum Gasteiger partial charge on any atom is 0.342 e.